The fourth-order valence-electron chi connectivity index (χ4n) is 9.85. The molecule has 3 heterocycles. The number of methoxy groups -OCH3 is 2. The number of ketones is 2. The molecule has 0 aliphatic carbocycles. The molecule has 0 atom stereocenters. The van der Waals surface area contributed by atoms with Crippen LogP contribution in [0.5, 0.6) is 11.5 Å². The van der Waals surface area contributed by atoms with Crippen molar-refractivity contribution in [1.82, 2.24) is 35.3 Å². The van der Waals surface area contributed by atoms with Crippen LogP contribution in [0.4, 0.5) is 0 Å². The highest BCUT2D eigenvalue weighted by molar-refractivity contribution is 6.32. The summed E-state index contributed by atoms with van der Waals surface area (Å²) in [6.07, 6.45) is -0.486. The Hall–Kier alpha value is -8.50. The number of carbonyl (C=O) groups is 10. The predicted octanol–water partition coefficient (Wildman–Crippen LogP) is 5.26. The number of hydroxylamine groups is 2. The molecule has 420 valence electrons. The van der Waals surface area contributed by atoms with E-state index in [-0.39, 0.29) is 107 Å². The maximum atomic E-state index is 13.7. The number of carbonyl (C=O) groups excluding carboxylic acids is 9. The Morgan fingerprint density at radius 3 is 1.40 bits per heavy atom. The zero-order chi connectivity index (χ0) is 56.5. The molecule has 1 fully saturated rings. The number of benzene rings is 6. The van der Waals surface area contributed by atoms with Crippen LogP contribution in [-0.2, 0) is 33.6 Å². The molecular formula is C59H65N7O14. The minimum absolute atomic E-state index is 0. The second kappa shape index (κ2) is 26.4. The molecule has 0 aromatic heterocycles. The monoisotopic (exact) mass is 1100 g/mol. The number of carboxylic acids is 1. The Labute approximate surface area is 461 Å². The van der Waals surface area contributed by atoms with Gasteiger partial charge >= 0.3 is 11.9 Å². The number of hydrogen-bond donors (Lipinski definition) is 3. The molecule has 3 aliphatic heterocycles. The number of fused-ring (bicyclic) bond motifs is 4. The topological polar surface area (TPSA) is 259 Å². The first kappa shape index (κ1) is 59.2. The SMILES string of the molecule is C.COc1ccc2c3c(c4ccccc4cc13)C(=O)N(CCN(C)CCNCC(=O)CCC(=O)O)C2=O.COc1ccc2c3c(c4ccccc4cc13)C(=O)N(CCN(C)CCNCC(=O)CCC(=O)ON1C(=O)CCC1=O)C2=O. The summed E-state index contributed by atoms with van der Waals surface area (Å²) in [5.74, 6) is -3.45. The van der Waals surface area contributed by atoms with Gasteiger partial charge in [-0.3, -0.25) is 53.0 Å². The van der Waals surface area contributed by atoms with Crippen LogP contribution in [0.25, 0.3) is 43.1 Å². The van der Waals surface area contributed by atoms with Crippen LogP contribution in [0.15, 0.2) is 84.9 Å². The Balaban J connectivity index is 0.000000232. The summed E-state index contributed by atoms with van der Waals surface area (Å²) in [5, 5.41) is 21.2. The van der Waals surface area contributed by atoms with Crippen molar-refractivity contribution in [2.45, 2.75) is 46.0 Å². The number of Topliss-reactive ketones (excluding diaryl/α,β-unsaturated/α-hetero) is 2. The van der Waals surface area contributed by atoms with Crippen LogP contribution in [0.1, 0.15) is 87.4 Å². The predicted molar refractivity (Wildman–Crippen MR) is 298 cm³/mol. The number of likely N-dealkylation sites (N-methyl/N-ethyl adjacent to an activating group) is 2. The van der Waals surface area contributed by atoms with Crippen LogP contribution in [0.2, 0.25) is 0 Å². The average Bonchev–Trinajstić information content (AvgIpc) is 3.91. The quantitative estimate of drug-likeness (QED) is 0.0375. The number of ether oxygens (including phenoxy) is 2. The van der Waals surface area contributed by atoms with Crippen LogP contribution in [-0.4, -0.2) is 182 Å². The van der Waals surface area contributed by atoms with E-state index in [4.69, 9.17) is 19.4 Å². The summed E-state index contributed by atoms with van der Waals surface area (Å²) < 4.78 is 11.1. The van der Waals surface area contributed by atoms with Crippen molar-refractivity contribution in [2.75, 3.05) is 93.8 Å². The van der Waals surface area contributed by atoms with E-state index in [2.05, 4.69) is 10.6 Å². The first-order valence-corrected chi connectivity index (χ1v) is 25.9. The molecule has 1 saturated heterocycles. The maximum absolute atomic E-state index is 13.7. The van der Waals surface area contributed by atoms with Crippen molar-refractivity contribution in [2.24, 2.45) is 0 Å². The van der Waals surface area contributed by atoms with Crippen molar-refractivity contribution >= 4 is 102 Å². The molecular weight excluding hydrogens is 1030 g/mol. The fraction of sp³-hybridized carbons (Fsp3) is 0.356. The number of nitrogens with zero attached hydrogens (tertiary/aromatic N) is 5. The van der Waals surface area contributed by atoms with E-state index in [1.54, 1.807) is 38.5 Å². The van der Waals surface area contributed by atoms with Crippen LogP contribution < -0.4 is 20.1 Å². The zero-order valence-electron chi connectivity index (χ0n) is 44.4. The van der Waals surface area contributed by atoms with Crippen molar-refractivity contribution in [3.63, 3.8) is 0 Å². The third kappa shape index (κ3) is 13.0. The van der Waals surface area contributed by atoms with Gasteiger partial charge in [0.15, 0.2) is 0 Å². The van der Waals surface area contributed by atoms with E-state index >= 15 is 0 Å². The Morgan fingerprint density at radius 2 is 0.975 bits per heavy atom. The van der Waals surface area contributed by atoms with Crippen molar-refractivity contribution in [3.8, 4) is 11.5 Å². The van der Waals surface area contributed by atoms with E-state index in [0.717, 1.165) is 32.3 Å². The van der Waals surface area contributed by atoms with E-state index < -0.39 is 23.8 Å². The molecule has 6 aromatic rings. The first-order valence-electron chi connectivity index (χ1n) is 25.9. The third-order valence-electron chi connectivity index (χ3n) is 14.1. The smallest absolute Gasteiger partial charge is 0.333 e. The summed E-state index contributed by atoms with van der Waals surface area (Å²) in [5.41, 5.74) is 1.95. The van der Waals surface area contributed by atoms with Gasteiger partial charge in [-0.15, -0.1) is 5.06 Å². The van der Waals surface area contributed by atoms with Crippen molar-refractivity contribution in [3.05, 3.63) is 107 Å². The lowest BCUT2D eigenvalue weighted by molar-refractivity contribution is -0.197. The van der Waals surface area contributed by atoms with Crippen LogP contribution in [0, 0.1) is 0 Å². The fourth-order valence-corrected chi connectivity index (χ4v) is 9.85. The number of amides is 6. The molecule has 9 rings (SSSR count). The minimum atomic E-state index is -0.990. The van der Waals surface area contributed by atoms with Gasteiger partial charge in [0, 0.05) is 111 Å². The molecule has 21 heteroatoms. The highest BCUT2D eigenvalue weighted by Gasteiger charge is 2.37. The molecule has 0 spiro atoms. The zero-order valence-corrected chi connectivity index (χ0v) is 44.4. The van der Waals surface area contributed by atoms with Gasteiger partial charge in [-0.1, -0.05) is 56.0 Å². The maximum Gasteiger partial charge on any atom is 0.333 e. The summed E-state index contributed by atoms with van der Waals surface area (Å²) in [6, 6.07) is 26.1. The van der Waals surface area contributed by atoms with Gasteiger partial charge in [0.1, 0.15) is 23.1 Å². The third-order valence-corrected chi connectivity index (χ3v) is 14.1. The van der Waals surface area contributed by atoms with Gasteiger partial charge in [0.05, 0.1) is 51.3 Å². The second-order valence-electron chi connectivity index (χ2n) is 19.4. The molecule has 6 amide bonds. The van der Waals surface area contributed by atoms with Gasteiger partial charge in [-0.25, -0.2) is 4.79 Å². The van der Waals surface area contributed by atoms with E-state index in [1.165, 1.54) is 9.80 Å². The van der Waals surface area contributed by atoms with E-state index in [0.29, 0.717) is 88.9 Å². The molecule has 3 aliphatic rings. The lowest BCUT2D eigenvalue weighted by Gasteiger charge is -2.30. The van der Waals surface area contributed by atoms with E-state index in [9.17, 15) is 47.9 Å². The van der Waals surface area contributed by atoms with Crippen LogP contribution >= 0.6 is 0 Å². The molecule has 80 heavy (non-hydrogen) atoms. The Morgan fingerprint density at radius 1 is 0.550 bits per heavy atom. The Kier molecular flexibility index (Phi) is 19.6. The van der Waals surface area contributed by atoms with Gasteiger partial charge in [0.25, 0.3) is 35.4 Å². The molecule has 0 saturated carbocycles. The van der Waals surface area contributed by atoms with Gasteiger partial charge in [0.2, 0.25) is 0 Å². The number of carboxylic acid groups (broad SMARTS) is 1. The number of nitrogens with one attached hydrogen (secondary N) is 2. The molecule has 21 nitrogen and oxygen atoms in total. The molecule has 0 unspecified atom stereocenters. The number of hydrogen-bond acceptors (Lipinski definition) is 17. The molecule has 6 aromatic carbocycles. The largest absolute Gasteiger partial charge is 0.496 e. The number of rotatable bonds is 25. The van der Waals surface area contributed by atoms with Gasteiger partial charge in [-0.05, 0) is 72.0 Å². The van der Waals surface area contributed by atoms with Gasteiger partial charge in [-0.2, -0.15) is 0 Å². The van der Waals surface area contributed by atoms with Crippen LogP contribution in [0.3, 0.4) is 0 Å². The Bertz CT molecular complexity index is 3440. The first-order chi connectivity index (χ1) is 38.0. The average molecular weight is 1100 g/mol. The summed E-state index contributed by atoms with van der Waals surface area (Å²) >= 11 is 0. The van der Waals surface area contributed by atoms with E-state index in [1.807, 2.05) is 84.6 Å². The second-order valence-corrected chi connectivity index (χ2v) is 19.4. The van der Waals surface area contributed by atoms with Gasteiger partial charge < -0.3 is 39.9 Å². The normalized spacial score (nSPS) is 13.9. The summed E-state index contributed by atoms with van der Waals surface area (Å²) in [7, 11) is 6.87. The van der Waals surface area contributed by atoms with Crippen molar-refractivity contribution < 1.29 is 67.4 Å². The minimum Gasteiger partial charge on any atom is -0.496 e. The molecule has 0 bridgehead atoms. The standard InChI is InChI=1S/C31H32N4O8.C27H29N3O6.CH4/c1-33(14-13-32-18-20(36)7-12-27(39)43-35-25(37)10-11-26(35)38)15-16-34-30(40)22-8-9-24(42-2)23-17-19-5-3-4-6-21(19)29(28(22)23)31(34)41;1-29(12-11-28-16-18(31)7-10-23(32)33)13-14-30-26(34)20-8-9-22(36-2)21-15-17-5-3-4-6-19(17)25(24(20)21)27(30)35;/h3-6,8-9,17,32H,7,10-16,18H2,1-2H3;3-6,8-9,15,28H,7,10-14,16H2,1-2H3,(H,32,33);1H4. The summed E-state index contributed by atoms with van der Waals surface area (Å²) in [4.78, 5) is 135. The molecule has 3 N–H and O–H groups in total. The number of imide groups is 3. The van der Waals surface area contributed by atoms with Crippen molar-refractivity contribution in [1.29, 1.82) is 0 Å². The lowest BCUT2D eigenvalue weighted by atomic mass is 9.89. The highest BCUT2D eigenvalue weighted by atomic mass is 16.7. The summed E-state index contributed by atoms with van der Waals surface area (Å²) in [6.45, 7) is 3.55. The number of aliphatic carboxylic acids is 1. The lowest BCUT2D eigenvalue weighted by Crippen LogP contribution is -2.45. The molecule has 0 radical (unpaired) electrons. The highest BCUT2D eigenvalue weighted by Crippen LogP contribution is 2.41.